The Kier molecular flexibility index (Phi) is 4.50. The first kappa shape index (κ1) is 15.1. The first-order valence-electron chi connectivity index (χ1n) is 7.23. The van der Waals surface area contributed by atoms with Gasteiger partial charge in [-0.25, -0.2) is 0 Å². The zero-order chi connectivity index (χ0) is 15.5. The number of rotatable bonds is 4. The fraction of sp³-hybridized carbons (Fsp3) is 0.278. The standard InChI is InChI=1S/C18H18O3S/c1-21-14-9-7-13(8-10-14)18-16(15(19)11-22-18)17(20)12-5-3-2-4-6-12/h2-10,15-16,18-19H,11H2,1H3/t15-,16+,18+/m1/s1. The van der Waals surface area contributed by atoms with E-state index in [9.17, 15) is 9.90 Å². The maximum atomic E-state index is 12.8. The maximum absolute atomic E-state index is 12.8. The smallest absolute Gasteiger partial charge is 0.170 e. The zero-order valence-corrected chi connectivity index (χ0v) is 13.1. The molecule has 0 aliphatic carbocycles. The molecule has 3 atom stereocenters. The van der Waals surface area contributed by atoms with Crippen LogP contribution in [0.1, 0.15) is 21.2 Å². The zero-order valence-electron chi connectivity index (χ0n) is 12.3. The van der Waals surface area contributed by atoms with Crippen LogP contribution >= 0.6 is 11.8 Å². The summed E-state index contributed by atoms with van der Waals surface area (Å²) in [4.78, 5) is 12.8. The van der Waals surface area contributed by atoms with Gasteiger partial charge in [0.25, 0.3) is 0 Å². The molecular formula is C18H18O3S. The minimum Gasteiger partial charge on any atom is -0.497 e. The van der Waals surface area contributed by atoms with E-state index in [1.54, 1.807) is 18.9 Å². The Bertz CT molecular complexity index is 639. The van der Waals surface area contributed by atoms with Gasteiger partial charge in [-0.2, -0.15) is 11.8 Å². The number of aliphatic hydroxyl groups is 1. The van der Waals surface area contributed by atoms with Crippen LogP contribution in [0.2, 0.25) is 0 Å². The number of hydrogen-bond donors (Lipinski definition) is 1. The molecule has 22 heavy (non-hydrogen) atoms. The summed E-state index contributed by atoms with van der Waals surface area (Å²) < 4.78 is 5.17. The van der Waals surface area contributed by atoms with Crippen LogP contribution in [0.4, 0.5) is 0 Å². The minimum atomic E-state index is -0.607. The van der Waals surface area contributed by atoms with Gasteiger partial charge >= 0.3 is 0 Å². The van der Waals surface area contributed by atoms with E-state index in [-0.39, 0.29) is 11.0 Å². The lowest BCUT2D eigenvalue weighted by molar-refractivity contribution is 0.0757. The number of methoxy groups -OCH3 is 1. The minimum absolute atomic E-state index is 0.0129. The quantitative estimate of drug-likeness (QED) is 0.879. The van der Waals surface area contributed by atoms with Crippen LogP contribution in [0.3, 0.4) is 0 Å². The molecule has 1 saturated heterocycles. The molecule has 3 nitrogen and oxygen atoms in total. The van der Waals surface area contributed by atoms with Gasteiger partial charge in [0.2, 0.25) is 0 Å². The van der Waals surface area contributed by atoms with Gasteiger partial charge in [0.05, 0.1) is 19.1 Å². The van der Waals surface area contributed by atoms with Crippen molar-refractivity contribution in [1.29, 1.82) is 0 Å². The van der Waals surface area contributed by atoms with Gasteiger partial charge in [-0.05, 0) is 17.7 Å². The highest BCUT2D eigenvalue weighted by atomic mass is 32.2. The molecule has 1 aliphatic rings. The molecule has 0 saturated carbocycles. The molecule has 1 fully saturated rings. The molecule has 4 heteroatoms. The molecular weight excluding hydrogens is 296 g/mol. The van der Waals surface area contributed by atoms with E-state index in [0.717, 1.165) is 11.3 Å². The van der Waals surface area contributed by atoms with Crippen molar-refractivity contribution in [3.63, 3.8) is 0 Å². The Morgan fingerprint density at radius 3 is 2.45 bits per heavy atom. The highest BCUT2D eigenvalue weighted by Crippen LogP contribution is 2.46. The van der Waals surface area contributed by atoms with Gasteiger partial charge < -0.3 is 9.84 Å². The van der Waals surface area contributed by atoms with Gasteiger partial charge in [-0.15, -0.1) is 0 Å². The molecule has 3 rings (SSSR count). The molecule has 1 heterocycles. The first-order chi connectivity index (χ1) is 10.7. The Hall–Kier alpha value is -1.78. The number of Topliss-reactive ketones (excluding diaryl/α,β-unsaturated/α-hetero) is 1. The van der Waals surface area contributed by atoms with Crippen molar-refractivity contribution in [2.45, 2.75) is 11.4 Å². The summed E-state index contributed by atoms with van der Waals surface area (Å²) in [6.07, 6.45) is -0.607. The molecule has 0 amide bonds. The Balaban J connectivity index is 1.88. The maximum Gasteiger partial charge on any atom is 0.170 e. The molecule has 0 spiro atoms. The second-order valence-corrected chi connectivity index (χ2v) is 6.53. The number of thioether (sulfide) groups is 1. The summed E-state index contributed by atoms with van der Waals surface area (Å²) >= 11 is 1.64. The monoisotopic (exact) mass is 314 g/mol. The Labute approximate surface area is 134 Å². The number of benzene rings is 2. The normalized spacial score (nSPS) is 24.2. The van der Waals surface area contributed by atoms with Crippen LogP contribution in [0.15, 0.2) is 54.6 Å². The fourth-order valence-electron chi connectivity index (χ4n) is 2.82. The van der Waals surface area contributed by atoms with Crippen LogP contribution in [0, 0.1) is 5.92 Å². The third-order valence-electron chi connectivity index (χ3n) is 3.99. The number of aliphatic hydroxyl groups excluding tert-OH is 1. The van der Waals surface area contributed by atoms with E-state index in [4.69, 9.17) is 4.74 Å². The third-order valence-corrected chi connectivity index (χ3v) is 5.45. The highest BCUT2D eigenvalue weighted by molar-refractivity contribution is 7.99. The molecule has 0 radical (unpaired) electrons. The van der Waals surface area contributed by atoms with Crippen LogP contribution in [0.5, 0.6) is 5.75 Å². The van der Waals surface area contributed by atoms with Crippen molar-refractivity contribution in [2.75, 3.05) is 12.9 Å². The third kappa shape index (κ3) is 2.89. The number of carbonyl (C=O) groups is 1. The summed E-state index contributed by atoms with van der Waals surface area (Å²) in [5.41, 5.74) is 1.71. The summed E-state index contributed by atoms with van der Waals surface area (Å²) in [7, 11) is 1.63. The first-order valence-corrected chi connectivity index (χ1v) is 8.28. The number of ketones is 1. The highest BCUT2D eigenvalue weighted by Gasteiger charge is 2.41. The molecule has 0 bridgehead atoms. The van der Waals surface area contributed by atoms with Crippen molar-refractivity contribution >= 4 is 17.5 Å². The van der Waals surface area contributed by atoms with Crippen molar-refractivity contribution in [3.8, 4) is 5.75 Å². The van der Waals surface area contributed by atoms with Crippen LogP contribution < -0.4 is 4.74 Å². The van der Waals surface area contributed by atoms with E-state index >= 15 is 0 Å². The summed E-state index contributed by atoms with van der Waals surface area (Å²) in [6, 6.07) is 16.9. The van der Waals surface area contributed by atoms with E-state index < -0.39 is 12.0 Å². The number of carbonyl (C=O) groups excluding carboxylic acids is 1. The van der Waals surface area contributed by atoms with Gasteiger partial charge in [0, 0.05) is 16.6 Å². The van der Waals surface area contributed by atoms with E-state index in [1.807, 2.05) is 54.6 Å². The lowest BCUT2D eigenvalue weighted by Crippen LogP contribution is -2.28. The molecule has 2 aromatic carbocycles. The molecule has 2 aromatic rings. The molecule has 1 aliphatic heterocycles. The SMILES string of the molecule is COc1ccc([C@@H]2SC[C@@H](O)[C@H]2C(=O)c2ccccc2)cc1. The van der Waals surface area contributed by atoms with Crippen molar-refractivity contribution in [1.82, 2.24) is 0 Å². The number of ether oxygens (including phenoxy) is 1. The molecule has 114 valence electrons. The van der Waals surface area contributed by atoms with Gasteiger partial charge in [-0.3, -0.25) is 4.79 Å². The second-order valence-electron chi connectivity index (χ2n) is 5.35. The van der Waals surface area contributed by atoms with E-state index in [2.05, 4.69) is 0 Å². The fourth-order valence-corrected chi connectivity index (χ4v) is 4.29. The molecule has 1 N–H and O–H groups in total. The topological polar surface area (TPSA) is 46.5 Å². The average Bonchev–Trinajstić information content (AvgIpc) is 2.96. The van der Waals surface area contributed by atoms with Gasteiger partial charge in [0.1, 0.15) is 5.75 Å². The predicted octanol–water partition coefficient (Wildman–Crippen LogP) is 3.34. The van der Waals surface area contributed by atoms with Crippen LogP contribution in [0.25, 0.3) is 0 Å². The lowest BCUT2D eigenvalue weighted by Gasteiger charge is -2.20. The second kappa shape index (κ2) is 6.55. The van der Waals surface area contributed by atoms with Crippen LogP contribution in [-0.4, -0.2) is 29.9 Å². The summed E-state index contributed by atoms with van der Waals surface area (Å²) in [6.45, 7) is 0. The van der Waals surface area contributed by atoms with Crippen molar-refractivity contribution < 1.29 is 14.6 Å². The van der Waals surface area contributed by atoms with Gasteiger partial charge in [-0.1, -0.05) is 42.5 Å². The average molecular weight is 314 g/mol. The van der Waals surface area contributed by atoms with Crippen LogP contribution in [-0.2, 0) is 0 Å². The van der Waals surface area contributed by atoms with Crippen molar-refractivity contribution in [2.24, 2.45) is 5.92 Å². The summed E-state index contributed by atoms with van der Waals surface area (Å²) in [5.74, 6) is 0.984. The molecule has 0 unspecified atom stereocenters. The Morgan fingerprint density at radius 1 is 1.14 bits per heavy atom. The molecule has 0 aromatic heterocycles. The van der Waals surface area contributed by atoms with E-state index in [0.29, 0.717) is 11.3 Å². The largest absolute Gasteiger partial charge is 0.497 e. The lowest BCUT2D eigenvalue weighted by atomic mass is 9.87. The van der Waals surface area contributed by atoms with Crippen molar-refractivity contribution in [3.05, 3.63) is 65.7 Å². The van der Waals surface area contributed by atoms with Gasteiger partial charge in [0.15, 0.2) is 5.78 Å². The Morgan fingerprint density at radius 2 is 1.82 bits per heavy atom. The predicted molar refractivity (Wildman–Crippen MR) is 88.5 cm³/mol. The van der Waals surface area contributed by atoms with E-state index in [1.165, 1.54) is 0 Å². The number of hydrogen-bond acceptors (Lipinski definition) is 4. The summed E-state index contributed by atoms with van der Waals surface area (Å²) in [5, 5.41) is 10.3.